The predicted molar refractivity (Wildman–Crippen MR) is 92.1 cm³/mol. The van der Waals surface area contributed by atoms with Crippen molar-refractivity contribution in [2.75, 3.05) is 0 Å². The highest BCUT2D eigenvalue weighted by molar-refractivity contribution is 5.94. The molecule has 2 rings (SSSR count). The van der Waals surface area contributed by atoms with Gasteiger partial charge in [-0.2, -0.15) is 0 Å². The van der Waals surface area contributed by atoms with Crippen LogP contribution in [0.15, 0.2) is 29.2 Å². The van der Waals surface area contributed by atoms with Gasteiger partial charge in [-0.3, -0.25) is 9.59 Å². The maximum atomic E-state index is 12.9. The van der Waals surface area contributed by atoms with E-state index < -0.39 is 0 Å². The third kappa shape index (κ3) is 3.82. The van der Waals surface area contributed by atoms with Gasteiger partial charge in [-0.15, -0.1) is 0 Å². The van der Waals surface area contributed by atoms with Crippen LogP contribution in [0.25, 0.3) is 0 Å². The summed E-state index contributed by atoms with van der Waals surface area (Å²) >= 11 is 0. The third-order valence-electron chi connectivity index (χ3n) is 4.19. The number of aromatic hydroxyl groups is 1. The van der Waals surface area contributed by atoms with Crippen LogP contribution in [0.4, 0.5) is 0 Å². The van der Waals surface area contributed by atoms with Gasteiger partial charge in [0.2, 0.25) is 11.4 Å². The summed E-state index contributed by atoms with van der Waals surface area (Å²) in [6.07, 6.45) is 2.22. The van der Waals surface area contributed by atoms with Crippen LogP contribution in [-0.4, -0.2) is 31.9 Å². The molecule has 0 aliphatic rings. The number of H-pyrrole nitrogens is 1. The van der Waals surface area contributed by atoms with Crippen molar-refractivity contribution >= 4 is 5.91 Å². The van der Waals surface area contributed by atoms with Gasteiger partial charge in [0.1, 0.15) is 0 Å². The lowest BCUT2D eigenvalue weighted by Gasteiger charge is -2.29. The zero-order chi connectivity index (χ0) is 17.9. The number of carbonyl (C=O) groups excluding carboxylic acids is 1. The molecule has 24 heavy (non-hydrogen) atoms. The SMILES string of the molecule is CCC(C)N(Cc1c(C)cc(C)nc1O)C(=O)c1cc[nH]c(=O)c1. The fourth-order valence-corrected chi connectivity index (χ4v) is 2.60. The monoisotopic (exact) mass is 329 g/mol. The molecule has 0 saturated heterocycles. The van der Waals surface area contributed by atoms with Gasteiger partial charge >= 0.3 is 0 Å². The number of pyridine rings is 2. The summed E-state index contributed by atoms with van der Waals surface area (Å²) < 4.78 is 0. The number of nitrogens with zero attached hydrogens (tertiary/aromatic N) is 2. The summed E-state index contributed by atoms with van der Waals surface area (Å²) in [6.45, 7) is 7.87. The number of hydrogen-bond acceptors (Lipinski definition) is 4. The zero-order valence-electron chi connectivity index (χ0n) is 14.5. The lowest BCUT2D eigenvalue weighted by atomic mass is 10.1. The fraction of sp³-hybridized carbons (Fsp3) is 0.389. The van der Waals surface area contributed by atoms with Crippen LogP contribution in [0.2, 0.25) is 0 Å². The number of carbonyl (C=O) groups is 1. The van der Waals surface area contributed by atoms with E-state index in [1.807, 2.05) is 33.8 Å². The molecule has 0 aromatic carbocycles. The molecule has 2 aromatic rings. The van der Waals surface area contributed by atoms with E-state index in [0.29, 0.717) is 11.1 Å². The van der Waals surface area contributed by atoms with E-state index in [9.17, 15) is 14.7 Å². The molecule has 0 spiro atoms. The minimum absolute atomic E-state index is 0.0445. The number of aryl methyl sites for hydroxylation is 2. The van der Waals surface area contributed by atoms with Crippen LogP contribution >= 0.6 is 0 Å². The molecule has 0 aliphatic carbocycles. The quantitative estimate of drug-likeness (QED) is 0.882. The first-order valence-corrected chi connectivity index (χ1v) is 7.99. The van der Waals surface area contributed by atoms with Gasteiger partial charge < -0.3 is 15.0 Å². The summed E-state index contributed by atoms with van der Waals surface area (Å²) in [5, 5.41) is 10.2. The minimum atomic E-state index is -0.319. The van der Waals surface area contributed by atoms with Crippen molar-refractivity contribution in [1.29, 1.82) is 0 Å². The van der Waals surface area contributed by atoms with E-state index in [4.69, 9.17) is 0 Å². The molecule has 6 nitrogen and oxygen atoms in total. The zero-order valence-corrected chi connectivity index (χ0v) is 14.5. The molecule has 0 radical (unpaired) electrons. The van der Waals surface area contributed by atoms with Crippen molar-refractivity contribution in [2.45, 2.75) is 46.7 Å². The maximum absolute atomic E-state index is 12.9. The highest BCUT2D eigenvalue weighted by atomic mass is 16.3. The molecule has 128 valence electrons. The number of nitrogens with one attached hydrogen (secondary N) is 1. The highest BCUT2D eigenvalue weighted by Crippen LogP contribution is 2.24. The average molecular weight is 329 g/mol. The molecular formula is C18H23N3O3. The lowest BCUT2D eigenvalue weighted by Crippen LogP contribution is -2.38. The van der Waals surface area contributed by atoms with E-state index in [-0.39, 0.29) is 29.9 Å². The van der Waals surface area contributed by atoms with Crippen LogP contribution in [-0.2, 0) is 6.54 Å². The van der Waals surface area contributed by atoms with Crippen molar-refractivity contribution in [3.63, 3.8) is 0 Å². The Bertz CT molecular complexity index is 775. The first kappa shape index (κ1) is 17.7. The summed E-state index contributed by atoms with van der Waals surface area (Å²) in [4.78, 5) is 32.6. The van der Waals surface area contributed by atoms with E-state index in [0.717, 1.165) is 17.7 Å². The molecular weight excluding hydrogens is 306 g/mol. The number of amides is 1. The van der Waals surface area contributed by atoms with Gasteiger partial charge in [0.15, 0.2) is 0 Å². The van der Waals surface area contributed by atoms with Gasteiger partial charge in [0.05, 0.1) is 6.54 Å². The van der Waals surface area contributed by atoms with Gasteiger partial charge in [-0.05, 0) is 44.9 Å². The average Bonchev–Trinajstić information content (AvgIpc) is 2.53. The number of rotatable bonds is 5. The predicted octanol–water partition coefficient (Wildman–Crippen LogP) is 2.53. The minimum Gasteiger partial charge on any atom is -0.493 e. The van der Waals surface area contributed by atoms with Crippen LogP contribution in [0.5, 0.6) is 5.88 Å². The maximum Gasteiger partial charge on any atom is 0.254 e. The second kappa shape index (κ2) is 7.29. The van der Waals surface area contributed by atoms with Gasteiger partial charge in [0, 0.05) is 35.1 Å². The molecule has 1 amide bonds. The molecule has 1 atom stereocenters. The Morgan fingerprint density at radius 1 is 1.38 bits per heavy atom. The summed E-state index contributed by atoms with van der Waals surface area (Å²) in [5.74, 6) is -0.297. The highest BCUT2D eigenvalue weighted by Gasteiger charge is 2.23. The molecule has 6 heteroatoms. The van der Waals surface area contributed by atoms with Crippen molar-refractivity contribution in [3.05, 3.63) is 57.1 Å². The van der Waals surface area contributed by atoms with Crippen molar-refractivity contribution < 1.29 is 9.90 Å². The Balaban J connectivity index is 2.40. The smallest absolute Gasteiger partial charge is 0.254 e. The van der Waals surface area contributed by atoms with Crippen LogP contribution in [0, 0.1) is 13.8 Å². The molecule has 0 aliphatic heterocycles. The van der Waals surface area contributed by atoms with E-state index >= 15 is 0 Å². The molecule has 0 fully saturated rings. The first-order valence-electron chi connectivity index (χ1n) is 7.99. The van der Waals surface area contributed by atoms with Gasteiger partial charge in [-0.1, -0.05) is 6.92 Å². The molecule has 2 N–H and O–H groups in total. The van der Waals surface area contributed by atoms with Gasteiger partial charge in [0.25, 0.3) is 5.91 Å². The van der Waals surface area contributed by atoms with E-state index in [1.165, 1.54) is 12.3 Å². The van der Waals surface area contributed by atoms with Crippen molar-refractivity contribution in [2.24, 2.45) is 0 Å². The Labute approximate surface area is 141 Å². The Morgan fingerprint density at radius 3 is 2.67 bits per heavy atom. The second-order valence-electron chi connectivity index (χ2n) is 6.01. The van der Waals surface area contributed by atoms with Crippen LogP contribution in [0.1, 0.15) is 47.4 Å². The largest absolute Gasteiger partial charge is 0.493 e. The lowest BCUT2D eigenvalue weighted by molar-refractivity contribution is 0.0669. The molecule has 0 saturated carbocycles. The third-order valence-corrected chi connectivity index (χ3v) is 4.19. The van der Waals surface area contributed by atoms with Gasteiger partial charge in [-0.25, -0.2) is 4.98 Å². The number of aromatic amines is 1. The number of aromatic nitrogens is 2. The van der Waals surface area contributed by atoms with E-state index in [1.54, 1.807) is 11.0 Å². The molecule has 1 unspecified atom stereocenters. The first-order chi connectivity index (χ1) is 11.3. The number of hydrogen-bond donors (Lipinski definition) is 2. The Kier molecular flexibility index (Phi) is 5.39. The topological polar surface area (TPSA) is 86.3 Å². The van der Waals surface area contributed by atoms with Crippen LogP contribution in [0.3, 0.4) is 0 Å². The van der Waals surface area contributed by atoms with Crippen molar-refractivity contribution in [3.8, 4) is 5.88 Å². The summed E-state index contributed by atoms with van der Waals surface area (Å²) in [7, 11) is 0. The fourth-order valence-electron chi connectivity index (χ4n) is 2.60. The Hall–Kier alpha value is -2.63. The second-order valence-corrected chi connectivity index (χ2v) is 6.01. The Morgan fingerprint density at radius 2 is 2.08 bits per heavy atom. The van der Waals surface area contributed by atoms with E-state index in [2.05, 4.69) is 9.97 Å². The summed E-state index contributed by atoms with van der Waals surface area (Å²) in [5.41, 5.74) is 2.24. The summed E-state index contributed by atoms with van der Waals surface area (Å²) in [6, 6.07) is 4.70. The van der Waals surface area contributed by atoms with Crippen LogP contribution < -0.4 is 5.56 Å². The molecule has 2 heterocycles. The molecule has 0 bridgehead atoms. The standard InChI is InChI=1S/C18H23N3O3/c1-5-13(4)21(18(24)14-6-7-19-16(22)9-14)10-15-11(2)8-12(3)20-17(15)23/h6-9,13H,5,10H2,1-4H3,(H,19,22)(H,20,23). The van der Waals surface area contributed by atoms with Crippen molar-refractivity contribution in [1.82, 2.24) is 14.9 Å². The normalized spacial score (nSPS) is 12.0. The molecule has 2 aromatic heterocycles.